The third kappa shape index (κ3) is 4.48. The summed E-state index contributed by atoms with van der Waals surface area (Å²) in [5.74, 6) is -2.03. The quantitative estimate of drug-likeness (QED) is 0.444. The van der Waals surface area contributed by atoms with Crippen molar-refractivity contribution in [3.05, 3.63) is 77.2 Å². The Hall–Kier alpha value is -3.55. The van der Waals surface area contributed by atoms with Crippen LogP contribution in [-0.2, 0) is 15.7 Å². The minimum Gasteiger partial charge on any atom is -0.482 e. The third-order valence-corrected chi connectivity index (χ3v) is 3.90. The summed E-state index contributed by atoms with van der Waals surface area (Å²) in [6, 6.07) is 11.3. The number of esters is 1. The number of hydrogen-bond acceptors (Lipinski definition) is 5. The Morgan fingerprint density at radius 3 is 2.52 bits per heavy atom. The molecular formula is C21H15F3O5. The van der Waals surface area contributed by atoms with Crippen LogP contribution in [0.3, 0.4) is 0 Å². The van der Waals surface area contributed by atoms with Crippen LogP contribution in [0.5, 0.6) is 5.75 Å². The van der Waals surface area contributed by atoms with Crippen LogP contribution in [0.2, 0.25) is 0 Å². The van der Waals surface area contributed by atoms with Crippen LogP contribution >= 0.6 is 0 Å². The molecule has 0 bridgehead atoms. The van der Waals surface area contributed by atoms with Gasteiger partial charge in [0, 0.05) is 6.07 Å². The highest BCUT2D eigenvalue weighted by Crippen LogP contribution is 2.37. The topological polar surface area (TPSA) is 65.7 Å². The van der Waals surface area contributed by atoms with E-state index in [1.165, 1.54) is 42.5 Å². The molecule has 0 saturated carbocycles. The van der Waals surface area contributed by atoms with Crippen LogP contribution in [-0.4, -0.2) is 19.2 Å². The van der Waals surface area contributed by atoms with Crippen molar-refractivity contribution in [2.45, 2.75) is 6.18 Å². The number of fused-ring (bicyclic) bond motifs is 1. The highest BCUT2D eigenvalue weighted by atomic mass is 19.4. The molecule has 0 aliphatic carbocycles. The summed E-state index contributed by atoms with van der Waals surface area (Å²) in [6.45, 7) is 2.94. The summed E-state index contributed by atoms with van der Waals surface area (Å²) in [7, 11) is 0. The minimum atomic E-state index is -4.89. The van der Waals surface area contributed by atoms with E-state index in [0.29, 0.717) is 0 Å². The predicted octanol–water partition coefficient (Wildman–Crippen LogP) is 4.59. The highest BCUT2D eigenvalue weighted by molar-refractivity contribution is 5.84. The normalized spacial score (nSPS) is 11.3. The van der Waals surface area contributed by atoms with Gasteiger partial charge >= 0.3 is 12.1 Å². The van der Waals surface area contributed by atoms with Crippen molar-refractivity contribution in [3.63, 3.8) is 0 Å². The first-order valence-corrected chi connectivity index (χ1v) is 8.44. The first-order valence-electron chi connectivity index (χ1n) is 8.44. The van der Waals surface area contributed by atoms with Gasteiger partial charge in [-0.15, -0.1) is 0 Å². The second kappa shape index (κ2) is 8.22. The number of alkyl halides is 3. The van der Waals surface area contributed by atoms with E-state index >= 15 is 0 Å². The molecule has 1 aromatic heterocycles. The number of benzene rings is 2. The fraction of sp³-hybridized carbons (Fsp3) is 0.143. The molecule has 5 nitrogen and oxygen atoms in total. The lowest BCUT2D eigenvalue weighted by molar-refractivity contribution is -0.152. The van der Waals surface area contributed by atoms with Gasteiger partial charge in [-0.2, -0.15) is 13.2 Å². The molecule has 3 rings (SSSR count). The van der Waals surface area contributed by atoms with Crippen molar-refractivity contribution in [2.24, 2.45) is 0 Å². The molecule has 0 radical (unpaired) electrons. The maximum Gasteiger partial charge on any atom is 0.450 e. The number of ether oxygens (including phenoxy) is 2. The molecule has 0 spiro atoms. The SMILES string of the molecule is C=CCOC(=O)COc1ccc2c(=O)c(-c3ccccc3)c(C(F)(F)F)oc2c1. The standard InChI is InChI=1S/C21H15F3O5/c1-2-10-27-17(25)12-28-14-8-9-15-16(11-14)29-20(21(22,23)24)18(19(15)26)13-6-4-3-5-7-13/h2-9,11H,1,10,12H2. The third-order valence-electron chi connectivity index (χ3n) is 3.90. The van der Waals surface area contributed by atoms with Gasteiger partial charge < -0.3 is 13.9 Å². The zero-order chi connectivity index (χ0) is 21.0. The van der Waals surface area contributed by atoms with E-state index in [-0.39, 0.29) is 28.9 Å². The van der Waals surface area contributed by atoms with Gasteiger partial charge in [-0.1, -0.05) is 43.0 Å². The van der Waals surface area contributed by atoms with Crippen molar-refractivity contribution in [1.82, 2.24) is 0 Å². The van der Waals surface area contributed by atoms with E-state index in [1.54, 1.807) is 6.07 Å². The number of hydrogen-bond donors (Lipinski definition) is 0. The highest BCUT2D eigenvalue weighted by Gasteiger charge is 2.39. The van der Waals surface area contributed by atoms with Crippen LogP contribution in [0.4, 0.5) is 13.2 Å². The fourth-order valence-corrected chi connectivity index (χ4v) is 2.67. The molecule has 1 heterocycles. The summed E-state index contributed by atoms with van der Waals surface area (Å²) in [5.41, 5.74) is -1.59. The molecule has 0 aliphatic rings. The molecule has 0 N–H and O–H groups in total. The summed E-state index contributed by atoms with van der Waals surface area (Å²) < 4.78 is 55.8. The van der Waals surface area contributed by atoms with Gasteiger partial charge in [0.25, 0.3) is 0 Å². The second-order valence-corrected chi connectivity index (χ2v) is 5.92. The summed E-state index contributed by atoms with van der Waals surface area (Å²) >= 11 is 0. The van der Waals surface area contributed by atoms with E-state index in [0.717, 1.165) is 6.07 Å². The number of halogens is 3. The second-order valence-electron chi connectivity index (χ2n) is 5.92. The van der Waals surface area contributed by atoms with Crippen LogP contribution < -0.4 is 10.2 Å². The molecule has 150 valence electrons. The van der Waals surface area contributed by atoms with Gasteiger partial charge in [0.1, 0.15) is 17.9 Å². The van der Waals surface area contributed by atoms with Gasteiger partial charge in [-0.05, 0) is 17.7 Å². The number of rotatable bonds is 6. The Labute approximate surface area is 163 Å². The molecule has 0 fully saturated rings. The molecule has 2 aromatic carbocycles. The molecule has 3 aromatic rings. The molecule has 0 saturated heterocycles. The molecule has 0 amide bonds. The lowest BCUT2D eigenvalue weighted by Crippen LogP contribution is -2.16. The molecule has 0 atom stereocenters. The smallest absolute Gasteiger partial charge is 0.450 e. The lowest BCUT2D eigenvalue weighted by Gasteiger charge is -2.13. The summed E-state index contributed by atoms with van der Waals surface area (Å²) in [6.07, 6.45) is -3.50. The lowest BCUT2D eigenvalue weighted by atomic mass is 10.0. The van der Waals surface area contributed by atoms with E-state index in [9.17, 15) is 22.8 Å². The fourth-order valence-electron chi connectivity index (χ4n) is 2.67. The zero-order valence-corrected chi connectivity index (χ0v) is 15.0. The molecule has 29 heavy (non-hydrogen) atoms. The summed E-state index contributed by atoms with van der Waals surface area (Å²) in [5, 5.41) is -0.0431. The van der Waals surface area contributed by atoms with Gasteiger partial charge in [-0.25, -0.2) is 4.79 Å². The van der Waals surface area contributed by atoms with Gasteiger partial charge in [0.05, 0.1) is 10.9 Å². The van der Waals surface area contributed by atoms with E-state index in [1.807, 2.05) is 0 Å². The maximum atomic E-state index is 13.6. The number of carbonyl (C=O) groups is 1. The van der Waals surface area contributed by atoms with Crippen LogP contribution in [0.25, 0.3) is 22.1 Å². The van der Waals surface area contributed by atoms with Gasteiger partial charge in [-0.3, -0.25) is 4.79 Å². The Morgan fingerprint density at radius 1 is 1.14 bits per heavy atom. The van der Waals surface area contributed by atoms with E-state index < -0.39 is 35.5 Å². The largest absolute Gasteiger partial charge is 0.482 e. The molecule has 8 heteroatoms. The first-order chi connectivity index (χ1) is 13.8. The van der Waals surface area contributed by atoms with E-state index in [2.05, 4.69) is 6.58 Å². The minimum absolute atomic E-state index is 0.00595. The Bertz CT molecular complexity index is 1100. The zero-order valence-electron chi connectivity index (χ0n) is 15.0. The van der Waals surface area contributed by atoms with Crippen LogP contribution in [0, 0.1) is 0 Å². The van der Waals surface area contributed by atoms with Crippen molar-refractivity contribution < 1.29 is 31.9 Å². The molecule has 0 aliphatic heterocycles. The van der Waals surface area contributed by atoms with Crippen molar-refractivity contribution >= 4 is 16.9 Å². The molecule has 0 unspecified atom stereocenters. The van der Waals surface area contributed by atoms with Crippen molar-refractivity contribution in [3.8, 4) is 16.9 Å². The Balaban J connectivity index is 2.05. The Kier molecular flexibility index (Phi) is 5.72. The predicted molar refractivity (Wildman–Crippen MR) is 99.6 cm³/mol. The van der Waals surface area contributed by atoms with Gasteiger partial charge in [0.15, 0.2) is 6.61 Å². The molecular weight excluding hydrogens is 389 g/mol. The van der Waals surface area contributed by atoms with E-state index in [4.69, 9.17) is 13.9 Å². The average molecular weight is 404 g/mol. The van der Waals surface area contributed by atoms with Crippen LogP contribution in [0.15, 0.2) is 70.4 Å². The monoisotopic (exact) mass is 404 g/mol. The average Bonchev–Trinajstić information content (AvgIpc) is 2.70. The maximum absolute atomic E-state index is 13.6. The van der Waals surface area contributed by atoms with Gasteiger partial charge in [0.2, 0.25) is 11.2 Å². The summed E-state index contributed by atoms with van der Waals surface area (Å²) in [4.78, 5) is 24.3. The number of carbonyl (C=O) groups excluding carboxylic acids is 1. The Morgan fingerprint density at radius 2 is 1.86 bits per heavy atom. The van der Waals surface area contributed by atoms with Crippen molar-refractivity contribution in [1.29, 1.82) is 0 Å². The first kappa shape index (κ1) is 20.2. The van der Waals surface area contributed by atoms with Crippen molar-refractivity contribution in [2.75, 3.05) is 13.2 Å². The van der Waals surface area contributed by atoms with Crippen LogP contribution in [0.1, 0.15) is 5.76 Å².